The molecule has 1 aromatic rings. The summed E-state index contributed by atoms with van der Waals surface area (Å²) < 4.78 is 27.8. The molecular formula is C19H29N3O3S. The summed E-state index contributed by atoms with van der Waals surface area (Å²) in [5, 5.41) is 3.03. The van der Waals surface area contributed by atoms with E-state index in [0.29, 0.717) is 37.1 Å². The predicted octanol–water partition coefficient (Wildman–Crippen LogP) is 1.59. The van der Waals surface area contributed by atoms with Gasteiger partial charge >= 0.3 is 0 Å². The first-order valence-electron chi connectivity index (χ1n) is 9.32. The number of sulfonamides is 1. The molecule has 1 heterocycles. The zero-order chi connectivity index (χ0) is 19.1. The first-order chi connectivity index (χ1) is 12.2. The lowest BCUT2D eigenvalue weighted by Gasteiger charge is -2.37. The molecule has 6 nitrogen and oxygen atoms in total. The zero-order valence-electron chi connectivity index (χ0n) is 16.1. The average molecular weight is 380 g/mol. The van der Waals surface area contributed by atoms with Crippen LogP contribution in [0, 0.1) is 20.8 Å². The van der Waals surface area contributed by atoms with Crippen molar-refractivity contribution >= 4 is 15.9 Å². The normalized spacial score (nSPS) is 20.8. The van der Waals surface area contributed by atoms with E-state index in [0.717, 1.165) is 29.5 Å². The number of hydrogen-bond acceptors (Lipinski definition) is 4. The molecule has 1 atom stereocenters. The summed E-state index contributed by atoms with van der Waals surface area (Å²) in [7, 11) is -3.51. The number of rotatable bonds is 5. The Kier molecular flexibility index (Phi) is 5.42. The summed E-state index contributed by atoms with van der Waals surface area (Å²) in [4.78, 5) is 14.7. The van der Waals surface area contributed by atoms with Gasteiger partial charge in [0, 0.05) is 32.2 Å². The van der Waals surface area contributed by atoms with Gasteiger partial charge in [-0.3, -0.25) is 9.69 Å². The number of aryl methyl sites for hydroxylation is 3. The van der Waals surface area contributed by atoms with Crippen molar-refractivity contribution in [3.63, 3.8) is 0 Å². The molecule has 144 valence electrons. The highest BCUT2D eigenvalue weighted by molar-refractivity contribution is 7.89. The number of benzene rings is 1. The van der Waals surface area contributed by atoms with E-state index >= 15 is 0 Å². The summed E-state index contributed by atoms with van der Waals surface area (Å²) in [6, 6.07) is 3.96. The summed E-state index contributed by atoms with van der Waals surface area (Å²) in [5.41, 5.74) is 2.66. The van der Waals surface area contributed by atoms with Gasteiger partial charge in [0.05, 0.1) is 10.9 Å². The van der Waals surface area contributed by atoms with E-state index < -0.39 is 10.0 Å². The molecule has 0 radical (unpaired) electrons. The smallest absolute Gasteiger partial charge is 0.243 e. The van der Waals surface area contributed by atoms with Crippen LogP contribution in [0.15, 0.2) is 17.0 Å². The number of hydrogen-bond donors (Lipinski definition) is 1. The molecule has 2 fully saturated rings. The predicted molar refractivity (Wildman–Crippen MR) is 102 cm³/mol. The van der Waals surface area contributed by atoms with Gasteiger partial charge in [-0.15, -0.1) is 0 Å². The van der Waals surface area contributed by atoms with Gasteiger partial charge in [-0.05, 0) is 51.7 Å². The van der Waals surface area contributed by atoms with E-state index in [9.17, 15) is 13.2 Å². The standard InChI is InChI=1S/C19H29N3O3S/c1-13-11-14(2)18(15(3)12-13)26(24,25)22-9-7-21(8-10-22)16(4)19(23)20-17-5-6-17/h11-12,16-17H,5-10H2,1-4H3,(H,20,23)/t16-/m0/s1. The Morgan fingerprint density at radius 2 is 1.62 bits per heavy atom. The molecule has 1 aliphatic carbocycles. The van der Waals surface area contributed by atoms with Crippen LogP contribution in [-0.4, -0.2) is 61.8 Å². The van der Waals surface area contributed by atoms with Crippen molar-refractivity contribution in [1.29, 1.82) is 0 Å². The van der Waals surface area contributed by atoms with E-state index in [1.54, 1.807) is 4.31 Å². The fourth-order valence-electron chi connectivity index (χ4n) is 3.75. The zero-order valence-corrected chi connectivity index (χ0v) is 16.9. The number of piperazine rings is 1. The van der Waals surface area contributed by atoms with E-state index in [2.05, 4.69) is 10.2 Å². The average Bonchev–Trinajstić information content (AvgIpc) is 3.37. The minimum Gasteiger partial charge on any atom is -0.352 e. The Morgan fingerprint density at radius 1 is 1.08 bits per heavy atom. The number of amides is 1. The van der Waals surface area contributed by atoms with Crippen LogP contribution in [0.3, 0.4) is 0 Å². The highest BCUT2D eigenvalue weighted by Gasteiger charge is 2.34. The molecule has 1 aromatic carbocycles. The van der Waals surface area contributed by atoms with Gasteiger partial charge in [-0.25, -0.2) is 8.42 Å². The number of nitrogens with zero attached hydrogens (tertiary/aromatic N) is 2. The van der Waals surface area contributed by atoms with Crippen molar-refractivity contribution in [2.75, 3.05) is 26.2 Å². The van der Waals surface area contributed by atoms with Crippen molar-refractivity contribution in [3.05, 3.63) is 28.8 Å². The quantitative estimate of drug-likeness (QED) is 0.843. The Balaban J connectivity index is 1.68. The second kappa shape index (κ2) is 7.29. The number of carbonyl (C=O) groups is 1. The molecule has 26 heavy (non-hydrogen) atoms. The van der Waals surface area contributed by atoms with Crippen molar-refractivity contribution in [1.82, 2.24) is 14.5 Å². The summed E-state index contributed by atoms with van der Waals surface area (Å²) in [6.45, 7) is 9.55. The Hall–Kier alpha value is -1.44. The lowest BCUT2D eigenvalue weighted by Crippen LogP contribution is -2.55. The second-order valence-electron chi connectivity index (χ2n) is 7.63. The van der Waals surface area contributed by atoms with Crippen molar-refractivity contribution < 1.29 is 13.2 Å². The van der Waals surface area contributed by atoms with Crippen molar-refractivity contribution in [3.8, 4) is 0 Å². The van der Waals surface area contributed by atoms with Gasteiger partial charge in [-0.2, -0.15) is 4.31 Å². The van der Waals surface area contributed by atoms with Crippen LogP contribution < -0.4 is 5.32 Å². The van der Waals surface area contributed by atoms with E-state index in [4.69, 9.17) is 0 Å². The first-order valence-corrected chi connectivity index (χ1v) is 10.8. The maximum Gasteiger partial charge on any atom is 0.243 e. The van der Waals surface area contributed by atoms with E-state index in [1.807, 2.05) is 39.8 Å². The minimum absolute atomic E-state index is 0.0500. The molecule has 0 spiro atoms. The monoisotopic (exact) mass is 379 g/mol. The maximum absolute atomic E-state index is 13.1. The Bertz CT molecular complexity index is 771. The molecule has 0 bridgehead atoms. The van der Waals surface area contributed by atoms with Crippen molar-refractivity contribution in [2.45, 2.75) is 57.5 Å². The van der Waals surface area contributed by atoms with Crippen LogP contribution in [0.4, 0.5) is 0 Å². The fraction of sp³-hybridized carbons (Fsp3) is 0.632. The van der Waals surface area contributed by atoms with Crippen LogP contribution in [0.25, 0.3) is 0 Å². The Morgan fingerprint density at radius 3 is 2.12 bits per heavy atom. The molecule has 0 unspecified atom stereocenters. The molecule has 1 saturated carbocycles. The molecule has 1 amide bonds. The minimum atomic E-state index is -3.51. The highest BCUT2D eigenvalue weighted by Crippen LogP contribution is 2.26. The largest absolute Gasteiger partial charge is 0.352 e. The van der Waals surface area contributed by atoms with Crippen LogP contribution in [0.2, 0.25) is 0 Å². The van der Waals surface area contributed by atoms with Crippen LogP contribution in [0.1, 0.15) is 36.5 Å². The van der Waals surface area contributed by atoms with Gasteiger partial charge in [0.1, 0.15) is 0 Å². The van der Waals surface area contributed by atoms with E-state index in [-0.39, 0.29) is 11.9 Å². The molecule has 7 heteroatoms. The van der Waals surface area contributed by atoms with Gasteiger partial charge in [0.25, 0.3) is 0 Å². The second-order valence-corrected chi connectivity index (χ2v) is 9.50. The SMILES string of the molecule is Cc1cc(C)c(S(=O)(=O)N2CCN([C@@H](C)C(=O)NC3CC3)CC2)c(C)c1. The summed E-state index contributed by atoms with van der Waals surface area (Å²) in [6.07, 6.45) is 2.14. The van der Waals surface area contributed by atoms with Gasteiger partial charge in [-0.1, -0.05) is 17.7 Å². The molecule has 2 aliphatic rings. The fourth-order valence-corrected chi connectivity index (χ4v) is 5.58. The maximum atomic E-state index is 13.1. The topological polar surface area (TPSA) is 69.7 Å². The Labute approximate surface area is 156 Å². The van der Waals surface area contributed by atoms with Crippen molar-refractivity contribution in [2.24, 2.45) is 0 Å². The van der Waals surface area contributed by atoms with Gasteiger partial charge in [0.2, 0.25) is 15.9 Å². The summed E-state index contributed by atoms with van der Waals surface area (Å²) >= 11 is 0. The van der Waals surface area contributed by atoms with E-state index in [1.165, 1.54) is 0 Å². The first kappa shape index (κ1) is 19.3. The van der Waals surface area contributed by atoms with Gasteiger partial charge < -0.3 is 5.32 Å². The van der Waals surface area contributed by atoms with Crippen LogP contribution in [-0.2, 0) is 14.8 Å². The molecular weight excluding hydrogens is 350 g/mol. The van der Waals surface area contributed by atoms with Gasteiger partial charge in [0.15, 0.2) is 0 Å². The molecule has 1 saturated heterocycles. The highest BCUT2D eigenvalue weighted by atomic mass is 32.2. The lowest BCUT2D eigenvalue weighted by molar-refractivity contribution is -0.126. The molecule has 3 rings (SSSR count). The molecule has 1 aliphatic heterocycles. The van der Waals surface area contributed by atoms with Crippen LogP contribution in [0.5, 0.6) is 0 Å². The number of carbonyl (C=O) groups excluding carboxylic acids is 1. The third-order valence-corrected chi connectivity index (χ3v) is 7.53. The summed E-state index contributed by atoms with van der Waals surface area (Å²) in [5.74, 6) is 0.0500. The lowest BCUT2D eigenvalue weighted by atomic mass is 10.1. The number of nitrogens with one attached hydrogen (secondary N) is 1. The molecule has 1 N–H and O–H groups in total. The molecule has 0 aromatic heterocycles. The van der Waals surface area contributed by atoms with Crippen LogP contribution >= 0.6 is 0 Å². The third kappa shape index (κ3) is 3.94. The third-order valence-electron chi connectivity index (χ3n) is 5.33.